The highest BCUT2D eigenvalue weighted by atomic mass is 19.1. The normalized spacial score (nSPS) is 10.7. The van der Waals surface area contributed by atoms with E-state index >= 15 is 0 Å². The van der Waals surface area contributed by atoms with Crippen molar-refractivity contribution in [3.63, 3.8) is 0 Å². The average Bonchev–Trinajstić information content (AvgIpc) is 3.01. The average molecular weight is 582 g/mol. The third kappa shape index (κ3) is 6.41. The number of halogens is 1. The molecule has 0 bridgehead atoms. The predicted octanol–water partition coefficient (Wildman–Crippen LogP) is 5.33. The Morgan fingerprint density at radius 2 is 1.65 bits per heavy atom. The summed E-state index contributed by atoms with van der Waals surface area (Å²) >= 11 is 0. The number of esters is 1. The number of hydrogen-bond donors (Lipinski definition) is 2. The molecule has 2 aromatic heterocycles. The van der Waals surface area contributed by atoms with Crippen LogP contribution in [0.4, 0.5) is 14.9 Å². The molecule has 2 N–H and O–H groups in total. The number of benzene rings is 3. The molecule has 5 rings (SSSR count). The standard InChI is InChI=1S/C32H24FN3O7/c1-36-25-15-20(14-22-12-13-23(33)16-24(22)35-32(41)42-18-19-8-4-2-5-9-19)17-34-27(25)28(26(29(36)37)30(38)39)43-31(40)21-10-6-3-7-11-21/h2-13,15-17H,14,18H2,1H3,(H,35,41)(H,38,39). The van der Waals surface area contributed by atoms with Crippen LogP contribution >= 0.6 is 0 Å². The van der Waals surface area contributed by atoms with Crippen LogP contribution in [0.3, 0.4) is 0 Å². The van der Waals surface area contributed by atoms with E-state index in [2.05, 4.69) is 10.3 Å². The maximum absolute atomic E-state index is 14.1. The molecule has 0 radical (unpaired) electrons. The van der Waals surface area contributed by atoms with Crippen LogP contribution in [-0.2, 0) is 24.8 Å². The number of amides is 1. The number of nitrogens with zero attached hydrogens (tertiary/aromatic N) is 2. The fraction of sp³-hybridized carbons (Fsp3) is 0.0938. The summed E-state index contributed by atoms with van der Waals surface area (Å²) in [6, 6.07) is 22.4. The molecule has 43 heavy (non-hydrogen) atoms. The van der Waals surface area contributed by atoms with E-state index in [4.69, 9.17) is 9.47 Å². The fourth-order valence-corrected chi connectivity index (χ4v) is 4.44. The van der Waals surface area contributed by atoms with E-state index < -0.39 is 40.7 Å². The molecule has 0 spiro atoms. The van der Waals surface area contributed by atoms with Crippen LogP contribution in [0.5, 0.6) is 5.75 Å². The van der Waals surface area contributed by atoms with Gasteiger partial charge in [-0.05, 0) is 47.0 Å². The summed E-state index contributed by atoms with van der Waals surface area (Å²) in [4.78, 5) is 54.7. The lowest BCUT2D eigenvalue weighted by Crippen LogP contribution is -2.27. The Labute approximate surface area is 244 Å². The zero-order valence-corrected chi connectivity index (χ0v) is 22.7. The number of aromatic carboxylic acids is 1. The number of rotatable bonds is 8. The summed E-state index contributed by atoms with van der Waals surface area (Å²) in [5.74, 6) is -3.49. The zero-order valence-electron chi connectivity index (χ0n) is 22.7. The maximum Gasteiger partial charge on any atom is 0.411 e. The number of hydrogen-bond acceptors (Lipinski definition) is 7. The first-order valence-electron chi connectivity index (χ1n) is 13.0. The van der Waals surface area contributed by atoms with E-state index in [0.29, 0.717) is 11.1 Å². The van der Waals surface area contributed by atoms with Crippen molar-refractivity contribution in [2.75, 3.05) is 5.32 Å². The molecule has 10 nitrogen and oxygen atoms in total. The molecule has 3 aromatic carbocycles. The molecule has 0 fully saturated rings. The van der Waals surface area contributed by atoms with Gasteiger partial charge in [-0.3, -0.25) is 15.1 Å². The van der Waals surface area contributed by atoms with E-state index in [-0.39, 0.29) is 35.3 Å². The van der Waals surface area contributed by atoms with Crippen LogP contribution in [0, 0.1) is 5.82 Å². The first-order chi connectivity index (χ1) is 20.7. The van der Waals surface area contributed by atoms with Crippen LogP contribution in [-0.4, -0.2) is 32.7 Å². The number of ether oxygens (including phenoxy) is 2. The van der Waals surface area contributed by atoms with Gasteiger partial charge in [0.2, 0.25) is 0 Å². The van der Waals surface area contributed by atoms with Crippen LogP contribution in [0.25, 0.3) is 11.0 Å². The van der Waals surface area contributed by atoms with Crippen molar-refractivity contribution in [1.82, 2.24) is 9.55 Å². The summed E-state index contributed by atoms with van der Waals surface area (Å²) in [5.41, 5.74) is 0.703. The number of carbonyl (C=O) groups excluding carboxylic acids is 2. The molecule has 0 aliphatic carbocycles. The van der Waals surface area contributed by atoms with Crippen molar-refractivity contribution >= 4 is 34.8 Å². The minimum absolute atomic E-state index is 0.0190. The van der Waals surface area contributed by atoms with Gasteiger partial charge in [0.05, 0.1) is 16.8 Å². The Morgan fingerprint density at radius 3 is 2.35 bits per heavy atom. The van der Waals surface area contributed by atoms with Crippen LogP contribution < -0.4 is 15.6 Å². The van der Waals surface area contributed by atoms with E-state index in [9.17, 15) is 28.7 Å². The van der Waals surface area contributed by atoms with Gasteiger partial charge in [0, 0.05) is 19.7 Å². The lowest BCUT2D eigenvalue weighted by atomic mass is 10.0. The lowest BCUT2D eigenvalue weighted by molar-refractivity contribution is 0.0679. The number of anilines is 1. The number of carbonyl (C=O) groups is 3. The van der Waals surface area contributed by atoms with Crippen molar-refractivity contribution in [3.05, 3.63) is 135 Å². The largest absolute Gasteiger partial charge is 0.477 e. The third-order valence-electron chi connectivity index (χ3n) is 6.58. The van der Waals surface area contributed by atoms with E-state index in [1.165, 1.54) is 37.5 Å². The number of aryl methyl sites for hydroxylation is 1. The summed E-state index contributed by atoms with van der Waals surface area (Å²) in [5, 5.41) is 12.3. The fourth-order valence-electron chi connectivity index (χ4n) is 4.44. The van der Waals surface area contributed by atoms with Crippen molar-refractivity contribution in [2.45, 2.75) is 13.0 Å². The number of carboxylic acids is 1. The minimum atomic E-state index is -1.58. The van der Waals surface area contributed by atoms with Gasteiger partial charge < -0.3 is 19.1 Å². The van der Waals surface area contributed by atoms with E-state index in [0.717, 1.165) is 16.2 Å². The third-order valence-corrected chi connectivity index (χ3v) is 6.58. The van der Waals surface area contributed by atoms with E-state index in [1.807, 2.05) is 18.2 Å². The number of carboxylic acid groups (broad SMARTS) is 1. The van der Waals surface area contributed by atoms with Gasteiger partial charge in [0.1, 0.15) is 17.9 Å². The molecule has 2 heterocycles. The van der Waals surface area contributed by atoms with Crippen LogP contribution in [0.2, 0.25) is 0 Å². The first kappa shape index (κ1) is 28.7. The molecule has 0 unspecified atom stereocenters. The quantitative estimate of drug-likeness (QED) is 0.235. The topological polar surface area (TPSA) is 137 Å². The highest BCUT2D eigenvalue weighted by molar-refractivity contribution is 6.01. The minimum Gasteiger partial charge on any atom is -0.477 e. The zero-order chi connectivity index (χ0) is 30.5. The molecule has 1 amide bonds. The molecule has 0 saturated carbocycles. The number of pyridine rings is 2. The SMILES string of the molecule is Cn1c(=O)c(C(=O)O)c(OC(=O)c2ccccc2)c2ncc(Cc3ccc(F)cc3NC(=O)OCc3ccccc3)cc21. The second-order valence-corrected chi connectivity index (χ2v) is 9.51. The van der Waals surface area contributed by atoms with Crippen molar-refractivity contribution < 1.29 is 33.4 Å². The van der Waals surface area contributed by atoms with Crippen molar-refractivity contribution in [1.29, 1.82) is 0 Å². The van der Waals surface area contributed by atoms with Gasteiger partial charge in [-0.1, -0.05) is 54.6 Å². The number of nitrogens with one attached hydrogen (secondary N) is 1. The van der Waals surface area contributed by atoms with Gasteiger partial charge in [0.15, 0.2) is 11.3 Å². The Balaban J connectivity index is 1.46. The Bertz CT molecular complexity index is 1910. The van der Waals surface area contributed by atoms with Crippen molar-refractivity contribution in [3.8, 4) is 5.75 Å². The van der Waals surface area contributed by atoms with Crippen LogP contribution in [0.15, 0.2) is 95.9 Å². The molecule has 0 saturated heterocycles. The highest BCUT2D eigenvalue weighted by Gasteiger charge is 2.26. The summed E-state index contributed by atoms with van der Waals surface area (Å²) in [7, 11) is 1.37. The van der Waals surface area contributed by atoms with Gasteiger partial charge in [-0.2, -0.15) is 0 Å². The molecule has 0 atom stereocenters. The molecule has 216 valence electrons. The summed E-state index contributed by atoms with van der Waals surface area (Å²) in [6.45, 7) is 0.0233. The van der Waals surface area contributed by atoms with Gasteiger partial charge in [-0.25, -0.2) is 18.8 Å². The monoisotopic (exact) mass is 581 g/mol. The Morgan fingerprint density at radius 1 is 0.953 bits per heavy atom. The van der Waals surface area contributed by atoms with Gasteiger partial charge >= 0.3 is 18.0 Å². The lowest BCUT2D eigenvalue weighted by Gasteiger charge is -2.15. The van der Waals surface area contributed by atoms with Gasteiger partial charge in [-0.15, -0.1) is 0 Å². The highest BCUT2D eigenvalue weighted by Crippen LogP contribution is 2.29. The smallest absolute Gasteiger partial charge is 0.411 e. The Hall–Kier alpha value is -5.84. The maximum atomic E-state index is 14.1. The first-order valence-corrected chi connectivity index (χ1v) is 13.0. The summed E-state index contributed by atoms with van der Waals surface area (Å²) in [6.07, 6.45) is 0.783. The molecular formula is C32H24FN3O7. The Kier molecular flexibility index (Phi) is 8.24. The van der Waals surface area contributed by atoms with Gasteiger partial charge in [0.25, 0.3) is 5.56 Å². The second-order valence-electron chi connectivity index (χ2n) is 9.51. The molecule has 0 aliphatic heterocycles. The molecule has 11 heteroatoms. The number of aromatic nitrogens is 2. The van der Waals surface area contributed by atoms with E-state index in [1.54, 1.807) is 36.4 Å². The van der Waals surface area contributed by atoms with Crippen molar-refractivity contribution in [2.24, 2.45) is 7.05 Å². The summed E-state index contributed by atoms with van der Waals surface area (Å²) < 4.78 is 25.9. The molecule has 5 aromatic rings. The van der Waals surface area contributed by atoms with Crippen LogP contribution in [0.1, 0.15) is 37.4 Å². The number of fused-ring (bicyclic) bond motifs is 1. The predicted molar refractivity (Wildman–Crippen MR) is 155 cm³/mol. The molecule has 0 aliphatic rings. The molecular weight excluding hydrogens is 557 g/mol. The second kappa shape index (κ2) is 12.4.